The molecule has 0 bridgehead atoms. The van der Waals surface area contributed by atoms with Gasteiger partial charge in [0, 0.05) is 6.20 Å². The number of hydrogen-bond donors (Lipinski definition) is 2. The topological polar surface area (TPSA) is 84.2 Å². The third-order valence-electron chi connectivity index (χ3n) is 2.73. The lowest BCUT2D eigenvalue weighted by molar-refractivity contribution is 0.0995. The van der Waals surface area contributed by atoms with Crippen molar-refractivity contribution in [1.82, 2.24) is 4.98 Å². The number of nitrogens with one attached hydrogen (secondary N) is 2. The zero-order valence-electron chi connectivity index (χ0n) is 11.3. The molecule has 0 saturated carbocycles. The van der Waals surface area contributed by atoms with Gasteiger partial charge in [-0.25, -0.2) is 0 Å². The molecule has 0 aliphatic carbocycles. The molecule has 0 radical (unpaired) electrons. The fraction of sp³-hybridized carbons (Fsp3) is 0. The molecule has 22 heavy (non-hydrogen) atoms. The normalized spacial score (nSPS) is 10.2. The number of rotatable bonds is 4. The van der Waals surface area contributed by atoms with Gasteiger partial charge in [-0.3, -0.25) is 14.6 Å². The van der Waals surface area contributed by atoms with E-state index in [4.69, 9.17) is 4.42 Å². The van der Waals surface area contributed by atoms with Crippen LogP contribution in [0.5, 0.6) is 0 Å². The molecular weight excluding hydrogens is 302 g/mol. The van der Waals surface area contributed by atoms with Crippen LogP contribution in [0.15, 0.2) is 59.5 Å². The van der Waals surface area contributed by atoms with Gasteiger partial charge in [0.2, 0.25) is 0 Å². The fourth-order valence-corrected chi connectivity index (χ4v) is 2.53. The number of carbonyl (C=O) groups is 2. The Bertz CT molecular complexity index is 781. The molecule has 110 valence electrons. The Labute approximate surface area is 129 Å². The summed E-state index contributed by atoms with van der Waals surface area (Å²) in [7, 11) is 0. The van der Waals surface area contributed by atoms with Crippen LogP contribution in [0.2, 0.25) is 0 Å². The molecule has 2 N–H and O–H groups in total. The third kappa shape index (κ3) is 3.21. The SMILES string of the molecule is O=C(Nc1ccc(C(=O)Nc2cccnc2)s1)c1ccco1. The predicted molar refractivity (Wildman–Crippen MR) is 83.2 cm³/mol. The minimum atomic E-state index is -0.355. The number of aromatic nitrogens is 1. The summed E-state index contributed by atoms with van der Waals surface area (Å²) in [5, 5.41) is 5.97. The Morgan fingerprint density at radius 1 is 1.05 bits per heavy atom. The van der Waals surface area contributed by atoms with Crippen LogP contribution in [0.1, 0.15) is 20.2 Å². The highest BCUT2D eigenvalue weighted by Gasteiger charge is 2.13. The molecule has 0 aliphatic heterocycles. The van der Waals surface area contributed by atoms with Crippen molar-refractivity contribution in [2.45, 2.75) is 0 Å². The summed E-state index contributed by atoms with van der Waals surface area (Å²) in [6.07, 6.45) is 4.62. The third-order valence-corrected chi connectivity index (χ3v) is 3.73. The fourth-order valence-electron chi connectivity index (χ4n) is 1.74. The molecule has 3 heterocycles. The monoisotopic (exact) mass is 313 g/mol. The van der Waals surface area contributed by atoms with Gasteiger partial charge >= 0.3 is 0 Å². The molecule has 3 rings (SSSR count). The van der Waals surface area contributed by atoms with Crippen molar-refractivity contribution in [2.75, 3.05) is 10.6 Å². The summed E-state index contributed by atoms with van der Waals surface area (Å²) in [6.45, 7) is 0. The smallest absolute Gasteiger partial charge is 0.291 e. The van der Waals surface area contributed by atoms with Gasteiger partial charge in [-0.15, -0.1) is 11.3 Å². The molecule has 0 aliphatic rings. The largest absolute Gasteiger partial charge is 0.459 e. The maximum Gasteiger partial charge on any atom is 0.291 e. The van der Waals surface area contributed by atoms with E-state index in [9.17, 15) is 9.59 Å². The number of thiophene rings is 1. The number of furan rings is 1. The van der Waals surface area contributed by atoms with Crippen LogP contribution in [-0.4, -0.2) is 16.8 Å². The molecule has 0 fully saturated rings. The first-order valence-corrected chi connectivity index (χ1v) is 7.20. The van der Waals surface area contributed by atoms with Crippen molar-refractivity contribution in [3.63, 3.8) is 0 Å². The molecule has 0 spiro atoms. The van der Waals surface area contributed by atoms with Crippen LogP contribution in [0, 0.1) is 0 Å². The molecule has 0 unspecified atom stereocenters. The number of anilines is 2. The number of hydrogen-bond acceptors (Lipinski definition) is 5. The zero-order chi connectivity index (χ0) is 15.4. The van der Waals surface area contributed by atoms with Crippen molar-refractivity contribution in [3.8, 4) is 0 Å². The van der Waals surface area contributed by atoms with Crippen molar-refractivity contribution in [2.24, 2.45) is 0 Å². The Kier molecular flexibility index (Phi) is 3.97. The summed E-state index contributed by atoms with van der Waals surface area (Å²) >= 11 is 1.18. The minimum Gasteiger partial charge on any atom is -0.459 e. The molecule has 7 heteroatoms. The second kappa shape index (κ2) is 6.23. The first-order chi connectivity index (χ1) is 10.7. The lowest BCUT2D eigenvalue weighted by Crippen LogP contribution is -2.10. The van der Waals surface area contributed by atoms with E-state index >= 15 is 0 Å². The molecule has 3 aromatic heterocycles. The highest BCUT2D eigenvalue weighted by molar-refractivity contribution is 7.18. The number of carbonyl (C=O) groups excluding carboxylic acids is 2. The second-order valence-electron chi connectivity index (χ2n) is 4.29. The number of pyridine rings is 1. The molecule has 0 saturated heterocycles. The first-order valence-electron chi connectivity index (χ1n) is 6.38. The highest BCUT2D eigenvalue weighted by Crippen LogP contribution is 2.23. The summed E-state index contributed by atoms with van der Waals surface area (Å²) in [6, 6.07) is 10.0. The van der Waals surface area contributed by atoms with Crippen LogP contribution >= 0.6 is 11.3 Å². The summed E-state index contributed by atoms with van der Waals surface area (Å²) in [4.78, 5) is 28.3. The molecule has 0 aromatic carbocycles. The quantitative estimate of drug-likeness (QED) is 0.774. The van der Waals surface area contributed by atoms with Crippen LogP contribution in [0.3, 0.4) is 0 Å². The van der Waals surface area contributed by atoms with Crippen LogP contribution in [0.25, 0.3) is 0 Å². The lowest BCUT2D eigenvalue weighted by atomic mass is 10.4. The number of nitrogens with zero attached hydrogens (tertiary/aromatic N) is 1. The van der Waals surface area contributed by atoms with Gasteiger partial charge in [-0.05, 0) is 36.4 Å². The molecule has 0 atom stereocenters. The van der Waals surface area contributed by atoms with Crippen molar-refractivity contribution in [1.29, 1.82) is 0 Å². The van der Waals surface area contributed by atoms with Crippen LogP contribution < -0.4 is 10.6 Å². The average Bonchev–Trinajstić information content (AvgIpc) is 3.19. The molecule has 6 nitrogen and oxygen atoms in total. The van der Waals surface area contributed by atoms with E-state index in [-0.39, 0.29) is 17.6 Å². The van der Waals surface area contributed by atoms with Crippen LogP contribution in [0.4, 0.5) is 10.7 Å². The van der Waals surface area contributed by atoms with Gasteiger partial charge in [0.05, 0.1) is 28.0 Å². The first kappa shape index (κ1) is 14.0. The van der Waals surface area contributed by atoms with Gasteiger partial charge in [0.25, 0.3) is 11.8 Å². The molecule has 2 amide bonds. The van der Waals surface area contributed by atoms with E-state index in [1.54, 1.807) is 48.8 Å². The van der Waals surface area contributed by atoms with E-state index in [1.807, 2.05) is 0 Å². The summed E-state index contributed by atoms with van der Waals surface area (Å²) in [5.74, 6) is -0.391. The maximum atomic E-state index is 12.1. The van der Waals surface area contributed by atoms with E-state index in [1.165, 1.54) is 17.6 Å². The van der Waals surface area contributed by atoms with E-state index in [0.29, 0.717) is 15.6 Å². The Morgan fingerprint density at radius 3 is 2.68 bits per heavy atom. The highest BCUT2D eigenvalue weighted by atomic mass is 32.1. The number of amides is 2. The standard InChI is InChI=1S/C15H11N3O3S/c19-14(11-4-2-8-21-11)18-13-6-5-12(22-13)15(20)17-10-3-1-7-16-9-10/h1-9H,(H,17,20)(H,18,19). The van der Waals surface area contributed by atoms with Gasteiger partial charge in [0.1, 0.15) is 0 Å². The maximum absolute atomic E-state index is 12.1. The zero-order valence-corrected chi connectivity index (χ0v) is 12.1. The van der Waals surface area contributed by atoms with E-state index in [2.05, 4.69) is 15.6 Å². The molecule has 3 aromatic rings. The molecular formula is C15H11N3O3S. The van der Waals surface area contributed by atoms with E-state index < -0.39 is 0 Å². The van der Waals surface area contributed by atoms with Gasteiger partial charge in [-0.1, -0.05) is 0 Å². The van der Waals surface area contributed by atoms with Gasteiger partial charge in [0.15, 0.2) is 5.76 Å². The van der Waals surface area contributed by atoms with Gasteiger partial charge in [-0.2, -0.15) is 0 Å². The van der Waals surface area contributed by atoms with Crippen molar-refractivity contribution < 1.29 is 14.0 Å². The summed E-state index contributed by atoms with van der Waals surface area (Å²) in [5.41, 5.74) is 0.613. The summed E-state index contributed by atoms with van der Waals surface area (Å²) < 4.78 is 5.01. The predicted octanol–water partition coefficient (Wildman–Crippen LogP) is 3.24. The van der Waals surface area contributed by atoms with Crippen molar-refractivity contribution in [3.05, 3.63) is 65.7 Å². The Hall–Kier alpha value is -2.93. The second-order valence-corrected chi connectivity index (χ2v) is 5.37. The Balaban J connectivity index is 1.66. The average molecular weight is 313 g/mol. The van der Waals surface area contributed by atoms with Gasteiger partial charge < -0.3 is 15.1 Å². The van der Waals surface area contributed by atoms with E-state index in [0.717, 1.165) is 0 Å². The Morgan fingerprint density at radius 2 is 1.95 bits per heavy atom. The van der Waals surface area contributed by atoms with Crippen molar-refractivity contribution >= 4 is 33.8 Å². The van der Waals surface area contributed by atoms with Crippen LogP contribution in [-0.2, 0) is 0 Å². The minimum absolute atomic E-state index is 0.217. The lowest BCUT2D eigenvalue weighted by Gasteiger charge is -2.02.